The van der Waals surface area contributed by atoms with Gasteiger partial charge in [-0.3, -0.25) is 14.4 Å². The summed E-state index contributed by atoms with van der Waals surface area (Å²) in [6.07, 6.45) is 5.81. The smallest absolute Gasteiger partial charge is 0.263 e. The van der Waals surface area contributed by atoms with Gasteiger partial charge in [0.2, 0.25) is 5.91 Å². The van der Waals surface area contributed by atoms with Gasteiger partial charge in [-0.15, -0.1) is 0 Å². The zero-order valence-electron chi connectivity index (χ0n) is 18.0. The van der Waals surface area contributed by atoms with Crippen molar-refractivity contribution < 1.29 is 9.59 Å². The maximum Gasteiger partial charge on any atom is 0.263 e. The van der Waals surface area contributed by atoms with E-state index in [9.17, 15) is 14.4 Å². The van der Waals surface area contributed by atoms with Crippen molar-refractivity contribution in [1.82, 2.24) is 19.7 Å². The number of carbonyl (C=O) groups is 2. The molecule has 2 heterocycles. The first-order chi connectivity index (χ1) is 15.0. The standard InChI is InChI=1S/C24H30N4O3/c1-26-14-15-28(21(16-26)18-8-3-2-4-9-18)24(31)20-12-7-13-27(23(20)30)17-22(29)25-19-10-5-6-11-19/h2-4,7-9,12-13,19,21H,5-6,10-11,14-17H2,1H3,(H,25,29)/t21-/m1/s1. The fourth-order valence-electron chi connectivity index (χ4n) is 4.60. The molecule has 7 heteroatoms. The molecule has 2 aliphatic rings. The number of nitrogens with zero attached hydrogens (tertiary/aromatic N) is 3. The van der Waals surface area contributed by atoms with Crippen LogP contribution in [0.25, 0.3) is 0 Å². The lowest BCUT2D eigenvalue weighted by Crippen LogP contribution is -2.50. The SMILES string of the molecule is CN1CCN(C(=O)c2cccn(CC(=O)NC3CCCC3)c2=O)[C@@H](c2ccccc2)C1. The summed E-state index contributed by atoms with van der Waals surface area (Å²) >= 11 is 0. The maximum absolute atomic E-state index is 13.4. The molecule has 0 spiro atoms. The van der Waals surface area contributed by atoms with Crippen molar-refractivity contribution in [3.8, 4) is 0 Å². The van der Waals surface area contributed by atoms with Gasteiger partial charge in [0.05, 0.1) is 6.04 Å². The summed E-state index contributed by atoms with van der Waals surface area (Å²) < 4.78 is 1.34. The van der Waals surface area contributed by atoms with Crippen molar-refractivity contribution in [3.63, 3.8) is 0 Å². The van der Waals surface area contributed by atoms with Gasteiger partial charge in [-0.25, -0.2) is 0 Å². The predicted molar refractivity (Wildman–Crippen MR) is 119 cm³/mol. The number of likely N-dealkylation sites (N-methyl/N-ethyl adjacent to an activating group) is 1. The van der Waals surface area contributed by atoms with Crippen molar-refractivity contribution in [2.45, 2.75) is 44.3 Å². The summed E-state index contributed by atoms with van der Waals surface area (Å²) in [5, 5.41) is 3.00. The third-order valence-corrected chi connectivity index (χ3v) is 6.31. The average Bonchev–Trinajstić information content (AvgIpc) is 3.28. The van der Waals surface area contributed by atoms with Crippen LogP contribution in [0, 0.1) is 0 Å². The summed E-state index contributed by atoms with van der Waals surface area (Å²) in [4.78, 5) is 42.9. The Morgan fingerprint density at radius 3 is 2.52 bits per heavy atom. The van der Waals surface area contributed by atoms with Crippen LogP contribution in [0.3, 0.4) is 0 Å². The van der Waals surface area contributed by atoms with Crippen LogP contribution >= 0.6 is 0 Å². The molecule has 2 fully saturated rings. The number of hydrogen-bond acceptors (Lipinski definition) is 4. The Labute approximate surface area is 182 Å². The lowest BCUT2D eigenvalue weighted by molar-refractivity contribution is -0.122. The van der Waals surface area contributed by atoms with E-state index < -0.39 is 5.56 Å². The molecular weight excluding hydrogens is 392 g/mol. The summed E-state index contributed by atoms with van der Waals surface area (Å²) in [5.41, 5.74) is 0.746. The van der Waals surface area contributed by atoms with Gasteiger partial charge in [0.15, 0.2) is 0 Å². The number of carbonyl (C=O) groups excluding carboxylic acids is 2. The molecule has 0 unspecified atom stereocenters. The second kappa shape index (κ2) is 9.47. The first-order valence-electron chi connectivity index (χ1n) is 11.1. The highest BCUT2D eigenvalue weighted by atomic mass is 16.2. The predicted octanol–water partition coefficient (Wildman–Crippen LogP) is 2.04. The molecule has 1 saturated heterocycles. The second-order valence-corrected chi connectivity index (χ2v) is 8.59. The van der Waals surface area contributed by atoms with Crippen LogP contribution in [-0.2, 0) is 11.3 Å². The molecule has 4 rings (SSSR count). The molecule has 1 aromatic heterocycles. The quantitative estimate of drug-likeness (QED) is 0.800. The molecular formula is C24H30N4O3. The molecule has 7 nitrogen and oxygen atoms in total. The molecule has 1 saturated carbocycles. The molecule has 1 aliphatic heterocycles. The van der Waals surface area contributed by atoms with E-state index in [1.54, 1.807) is 23.2 Å². The van der Waals surface area contributed by atoms with Crippen molar-refractivity contribution in [3.05, 3.63) is 70.1 Å². The lowest BCUT2D eigenvalue weighted by Gasteiger charge is -2.40. The lowest BCUT2D eigenvalue weighted by atomic mass is 10.0. The molecule has 1 aromatic carbocycles. The van der Waals surface area contributed by atoms with Gasteiger partial charge >= 0.3 is 0 Å². The van der Waals surface area contributed by atoms with E-state index >= 15 is 0 Å². The van der Waals surface area contributed by atoms with E-state index in [1.165, 1.54) is 4.57 Å². The van der Waals surface area contributed by atoms with Gasteiger partial charge in [0, 0.05) is 31.9 Å². The summed E-state index contributed by atoms with van der Waals surface area (Å²) in [7, 11) is 2.04. The van der Waals surface area contributed by atoms with E-state index in [0.717, 1.165) is 37.8 Å². The Bertz CT molecular complexity index is 982. The number of aromatic nitrogens is 1. The molecule has 2 amide bonds. The number of pyridine rings is 1. The molecule has 0 radical (unpaired) electrons. The van der Waals surface area contributed by atoms with Crippen LogP contribution in [0.2, 0.25) is 0 Å². The van der Waals surface area contributed by atoms with Crippen molar-refractivity contribution in [2.24, 2.45) is 0 Å². The van der Waals surface area contributed by atoms with E-state index in [-0.39, 0.29) is 36.0 Å². The largest absolute Gasteiger partial charge is 0.352 e. The van der Waals surface area contributed by atoms with E-state index in [2.05, 4.69) is 10.2 Å². The Balaban J connectivity index is 1.54. The van der Waals surface area contributed by atoms with E-state index in [0.29, 0.717) is 13.1 Å². The zero-order valence-corrected chi connectivity index (χ0v) is 18.0. The number of nitrogens with one attached hydrogen (secondary N) is 1. The first-order valence-corrected chi connectivity index (χ1v) is 11.1. The topological polar surface area (TPSA) is 74.7 Å². The minimum atomic E-state index is -0.417. The molecule has 1 N–H and O–H groups in total. The minimum absolute atomic E-state index is 0.0681. The number of amides is 2. The highest BCUT2D eigenvalue weighted by Crippen LogP contribution is 2.26. The van der Waals surface area contributed by atoms with Crippen LogP contribution in [0.1, 0.15) is 47.6 Å². The van der Waals surface area contributed by atoms with E-state index in [4.69, 9.17) is 0 Å². The van der Waals surface area contributed by atoms with Crippen LogP contribution in [0.5, 0.6) is 0 Å². The molecule has 1 atom stereocenters. The van der Waals surface area contributed by atoms with Gasteiger partial charge in [-0.1, -0.05) is 43.2 Å². The average molecular weight is 423 g/mol. The van der Waals surface area contributed by atoms with E-state index in [1.807, 2.05) is 37.4 Å². The van der Waals surface area contributed by atoms with Crippen LogP contribution < -0.4 is 10.9 Å². The first kappa shape index (κ1) is 21.3. The monoisotopic (exact) mass is 422 g/mol. The van der Waals surface area contributed by atoms with Gasteiger partial charge in [-0.05, 0) is 37.6 Å². The molecule has 164 valence electrons. The molecule has 2 aromatic rings. The normalized spacial score (nSPS) is 20.0. The molecule has 1 aliphatic carbocycles. The number of piperazine rings is 1. The Kier molecular flexibility index (Phi) is 6.51. The highest BCUT2D eigenvalue weighted by Gasteiger charge is 2.32. The third-order valence-electron chi connectivity index (χ3n) is 6.31. The maximum atomic E-state index is 13.4. The van der Waals surface area contributed by atoms with Gasteiger partial charge in [0.1, 0.15) is 12.1 Å². The number of benzene rings is 1. The van der Waals surface area contributed by atoms with Crippen LogP contribution in [0.4, 0.5) is 0 Å². The highest BCUT2D eigenvalue weighted by molar-refractivity contribution is 5.94. The van der Waals surface area contributed by atoms with Gasteiger partial charge < -0.3 is 19.7 Å². The van der Waals surface area contributed by atoms with Crippen molar-refractivity contribution >= 4 is 11.8 Å². The number of rotatable bonds is 5. The minimum Gasteiger partial charge on any atom is -0.352 e. The van der Waals surface area contributed by atoms with Gasteiger partial charge in [-0.2, -0.15) is 0 Å². The summed E-state index contributed by atoms with van der Waals surface area (Å²) in [6.45, 7) is 1.94. The second-order valence-electron chi connectivity index (χ2n) is 8.59. The third kappa shape index (κ3) is 4.88. The summed E-state index contributed by atoms with van der Waals surface area (Å²) in [5.74, 6) is -0.460. The number of hydrogen-bond donors (Lipinski definition) is 1. The Hall–Kier alpha value is -2.93. The Morgan fingerprint density at radius 2 is 1.77 bits per heavy atom. The Morgan fingerprint density at radius 1 is 1.03 bits per heavy atom. The van der Waals surface area contributed by atoms with Crippen molar-refractivity contribution in [2.75, 3.05) is 26.7 Å². The fourth-order valence-corrected chi connectivity index (χ4v) is 4.60. The van der Waals surface area contributed by atoms with Gasteiger partial charge in [0.25, 0.3) is 11.5 Å². The zero-order chi connectivity index (χ0) is 21.8. The van der Waals surface area contributed by atoms with Crippen LogP contribution in [-0.4, -0.2) is 58.9 Å². The molecule has 31 heavy (non-hydrogen) atoms. The molecule has 0 bridgehead atoms. The fraction of sp³-hybridized carbons (Fsp3) is 0.458. The summed E-state index contributed by atoms with van der Waals surface area (Å²) in [6, 6.07) is 13.2. The van der Waals surface area contributed by atoms with Crippen molar-refractivity contribution in [1.29, 1.82) is 0 Å². The van der Waals surface area contributed by atoms with Crippen LogP contribution in [0.15, 0.2) is 53.5 Å².